The van der Waals surface area contributed by atoms with Gasteiger partial charge in [0, 0.05) is 13.1 Å². The zero-order valence-corrected chi connectivity index (χ0v) is 10.5. The number of hydrogen-bond acceptors (Lipinski definition) is 4. The van der Waals surface area contributed by atoms with Gasteiger partial charge in [0.05, 0.1) is 14.2 Å². The van der Waals surface area contributed by atoms with E-state index in [1.54, 1.807) is 39.5 Å². The minimum absolute atomic E-state index is 0.151. The number of benzene rings is 1. The zero-order valence-electron chi connectivity index (χ0n) is 10.5. The number of carbonyl (C=O) groups is 1. The maximum atomic E-state index is 11.5. The van der Waals surface area contributed by atoms with Crippen molar-refractivity contribution in [3.05, 3.63) is 23.8 Å². The van der Waals surface area contributed by atoms with Gasteiger partial charge in [0.2, 0.25) is 0 Å². The Balaban J connectivity index is 2.44. The molecule has 2 amide bonds. The monoisotopic (exact) mass is 249 g/mol. The highest BCUT2D eigenvalue weighted by Crippen LogP contribution is 2.31. The van der Waals surface area contributed by atoms with Crippen LogP contribution >= 0.6 is 0 Å². The Kier molecular flexibility index (Phi) is 3.10. The van der Waals surface area contributed by atoms with Crippen LogP contribution in [0.25, 0.3) is 0 Å². The van der Waals surface area contributed by atoms with Gasteiger partial charge in [0.15, 0.2) is 0 Å². The number of urea groups is 1. The Labute approximate surface area is 105 Å². The molecule has 1 aliphatic rings. The predicted molar refractivity (Wildman–Crippen MR) is 66.3 cm³/mol. The van der Waals surface area contributed by atoms with Crippen LogP contribution in [0.3, 0.4) is 0 Å². The van der Waals surface area contributed by atoms with Crippen LogP contribution in [-0.2, 0) is 0 Å². The number of rotatable bonds is 3. The normalized spacial score (nSPS) is 18.8. The highest BCUT2D eigenvalue weighted by molar-refractivity contribution is 6.05. The standard InChI is InChI=1S/C12H15N3O3/c1-15-10(11(13)14-12(15)16)7-4-8(17-2)6-9(5-7)18-3/h4-6,10H,1-3H3,(H2,13,14,16). The number of methoxy groups -OCH3 is 2. The van der Waals surface area contributed by atoms with Crippen LogP contribution in [0.1, 0.15) is 11.6 Å². The molecule has 2 N–H and O–H groups in total. The molecule has 2 rings (SSSR count). The lowest BCUT2D eigenvalue weighted by Crippen LogP contribution is -2.25. The van der Waals surface area contributed by atoms with E-state index < -0.39 is 6.04 Å². The van der Waals surface area contributed by atoms with Crippen molar-refractivity contribution in [2.45, 2.75) is 6.04 Å². The second-order valence-electron chi connectivity index (χ2n) is 4.00. The minimum atomic E-state index is -0.429. The third-order valence-corrected chi connectivity index (χ3v) is 2.91. The Morgan fingerprint density at radius 3 is 2.17 bits per heavy atom. The SMILES string of the molecule is COc1cc(OC)cc(C2C(=N)NC(=O)N2C)c1. The maximum Gasteiger partial charge on any atom is 0.323 e. The van der Waals surface area contributed by atoms with Gasteiger partial charge in [-0.15, -0.1) is 0 Å². The molecule has 96 valence electrons. The van der Waals surface area contributed by atoms with Gasteiger partial charge in [-0.1, -0.05) is 0 Å². The molecule has 1 aliphatic heterocycles. The molecule has 1 atom stereocenters. The molecule has 0 spiro atoms. The summed E-state index contributed by atoms with van der Waals surface area (Å²) >= 11 is 0. The van der Waals surface area contributed by atoms with Crippen molar-refractivity contribution in [3.8, 4) is 11.5 Å². The molecule has 0 saturated carbocycles. The van der Waals surface area contributed by atoms with E-state index in [0.29, 0.717) is 11.5 Å². The fourth-order valence-electron chi connectivity index (χ4n) is 1.96. The van der Waals surface area contributed by atoms with E-state index in [9.17, 15) is 4.79 Å². The van der Waals surface area contributed by atoms with E-state index in [2.05, 4.69) is 5.32 Å². The smallest absolute Gasteiger partial charge is 0.323 e. The first-order valence-corrected chi connectivity index (χ1v) is 5.42. The van der Waals surface area contributed by atoms with E-state index in [1.165, 1.54) is 4.90 Å². The Morgan fingerprint density at radius 1 is 1.22 bits per heavy atom. The number of nitrogens with zero attached hydrogens (tertiary/aromatic N) is 1. The number of amidine groups is 1. The summed E-state index contributed by atoms with van der Waals surface area (Å²) in [6.07, 6.45) is 0. The van der Waals surface area contributed by atoms with Crippen LogP contribution < -0.4 is 14.8 Å². The molecule has 1 fully saturated rings. The molecule has 18 heavy (non-hydrogen) atoms. The number of likely N-dealkylation sites (N-methyl/N-ethyl adjacent to an activating group) is 1. The highest BCUT2D eigenvalue weighted by atomic mass is 16.5. The van der Waals surface area contributed by atoms with E-state index in [1.807, 2.05) is 0 Å². The highest BCUT2D eigenvalue weighted by Gasteiger charge is 2.34. The largest absolute Gasteiger partial charge is 0.497 e. The molecule has 6 heteroatoms. The van der Waals surface area contributed by atoms with E-state index in [0.717, 1.165) is 5.56 Å². The van der Waals surface area contributed by atoms with Gasteiger partial charge < -0.3 is 14.4 Å². The van der Waals surface area contributed by atoms with Crippen LogP contribution in [0.15, 0.2) is 18.2 Å². The summed E-state index contributed by atoms with van der Waals surface area (Å²) in [6.45, 7) is 0. The third-order valence-electron chi connectivity index (χ3n) is 2.91. The fourth-order valence-corrected chi connectivity index (χ4v) is 1.96. The van der Waals surface area contributed by atoms with E-state index in [4.69, 9.17) is 14.9 Å². The Morgan fingerprint density at radius 2 is 1.78 bits per heavy atom. The van der Waals surface area contributed by atoms with Gasteiger partial charge in [-0.3, -0.25) is 10.7 Å². The molecule has 0 radical (unpaired) electrons. The van der Waals surface area contributed by atoms with Crippen molar-refractivity contribution in [2.24, 2.45) is 0 Å². The lowest BCUT2D eigenvalue weighted by Gasteiger charge is -2.19. The van der Waals surface area contributed by atoms with Crippen LogP contribution in [0.4, 0.5) is 4.79 Å². The first kappa shape index (κ1) is 12.2. The molecule has 1 saturated heterocycles. The van der Waals surface area contributed by atoms with Crippen molar-refractivity contribution in [1.29, 1.82) is 5.41 Å². The summed E-state index contributed by atoms with van der Waals surface area (Å²) in [5.74, 6) is 1.41. The zero-order chi connectivity index (χ0) is 13.3. The second-order valence-corrected chi connectivity index (χ2v) is 4.00. The van der Waals surface area contributed by atoms with E-state index in [-0.39, 0.29) is 11.9 Å². The predicted octanol–water partition coefficient (Wildman–Crippen LogP) is 1.38. The van der Waals surface area contributed by atoms with Crippen LogP contribution in [0.2, 0.25) is 0 Å². The van der Waals surface area contributed by atoms with Crippen molar-refractivity contribution in [3.63, 3.8) is 0 Å². The van der Waals surface area contributed by atoms with Crippen molar-refractivity contribution < 1.29 is 14.3 Å². The molecule has 1 aromatic rings. The molecule has 0 aliphatic carbocycles. The average Bonchev–Trinajstić information content (AvgIpc) is 2.62. The molecule has 0 aromatic heterocycles. The molecule has 1 heterocycles. The van der Waals surface area contributed by atoms with Crippen molar-refractivity contribution in [1.82, 2.24) is 10.2 Å². The summed E-state index contributed by atoms with van der Waals surface area (Å²) in [7, 11) is 4.77. The van der Waals surface area contributed by atoms with Gasteiger partial charge in [-0.25, -0.2) is 4.79 Å². The third kappa shape index (κ3) is 1.97. The van der Waals surface area contributed by atoms with Crippen LogP contribution in [0, 0.1) is 5.41 Å². The second kappa shape index (κ2) is 4.56. The molecule has 1 unspecified atom stereocenters. The molecular weight excluding hydrogens is 234 g/mol. The van der Waals surface area contributed by atoms with Gasteiger partial charge in [-0.05, 0) is 17.7 Å². The summed E-state index contributed by atoms with van der Waals surface area (Å²) in [5, 5.41) is 10.3. The summed E-state index contributed by atoms with van der Waals surface area (Å²) in [6, 6.07) is 4.61. The summed E-state index contributed by atoms with van der Waals surface area (Å²) in [4.78, 5) is 13.0. The van der Waals surface area contributed by atoms with Gasteiger partial charge in [-0.2, -0.15) is 0 Å². The maximum absolute atomic E-state index is 11.5. The Bertz CT molecular complexity index is 479. The number of nitrogens with one attached hydrogen (secondary N) is 2. The number of ether oxygens (including phenoxy) is 2. The molecular formula is C12H15N3O3. The van der Waals surface area contributed by atoms with Crippen LogP contribution in [0.5, 0.6) is 11.5 Å². The van der Waals surface area contributed by atoms with Gasteiger partial charge in [0.25, 0.3) is 0 Å². The summed E-state index contributed by atoms with van der Waals surface area (Å²) < 4.78 is 10.4. The molecule has 1 aromatic carbocycles. The van der Waals surface area contributed by atoms with Gasteiger partial charge in [0.1, 0.15) is 23.4 Å². The van der Waals surface area contributed by atoms with E-state index >= 15 is 0 Å². The molecule has 0 bridgehead atoms. The average molecular weight is 249 g/mol. The fraction of sp³-hybridized carbons (Fsp3) is 0.333. The van der Waals surface area contributed by atoms with Gasteiger partial charge >= 0.3 is 6.03 Å². The van der Waals surface area contributed by atoms with Crippen LogP contribution in [-0.4, -0.2) is 38.0 Å². The van der Waals surface area contributed by atoms with Crippen molar-refractivity contribution in [2.75, 3.05) is 21.3 Å². The number of carbonyl (C=O) groups excluding carboxylic acids is 1. The lowest BCUT2D eigenvalue weighted by atomic mass is 10.1. The minimum Gasteiger partial charge on any atom is -0.497 e. The van der Waals surface area contributed by atoms with Crippen molar-refractivity contribution >= 4 is 11.9 Å². The first-order valence-electron chi connectivity index (χ1n) is 5.42. The molecule has 6 nitrogen and oxygen atoms in total. The quantitative estimate of drug-likeness (QED) is 0.849. The Hall–Kier alpha value is -2.24. The first-order chi connectivity index (χ1) is 8.56. The number of hydrogen-bond donors (Lipinski definition) is 2. The number of amides is 2. The summed E-state index contributed by atoms with van der Waals surface area (Å²) in [5.41, 5.74) is 0.775. The lowest BCUT2D eigenvalue weighted by molar-refractivity contribution is 0.217. The topological polar surface area (TPSA) is 74.6 Å².